The fraction of sp³-hybridized carbons (Fsp3) is 0.571. The predicted octanol–water partition coefficient (Wildman–Crippen LogP) is -0.136. The van der Waals surface area contributed by atoms with Crippen LogP contribution in [0.15, 0.2) is 0 Å². The van der Waals surface area contributed by atoms with Gasteiger partial charge >= 0.3 is 0 Å². The van der Waals surface area contributed by atoms with Gasteiger partial charge < -0.3 is 19.9 Å². The van der Waals surface area contributed by atoms with Crippen molar-refractivity contribution in [1.29, 1.82) is 0 Å². The lowest BCUT2D eigenvalue weighted by Crippen LogP contribution is -2.38. The van der Waals surface area contributed by atoms with Crippen molar-refractivity contribution in [3.63, 3.8) is 0 Å². The van der Waals surface area contributed by atoms with Crippen LogP contribution < -0.4 is 15.1 Å². The van der Waals surface area contributed by atoms with Crippen molar-refractivity contribution >= 4 is 29.3 Å². The fourth-order valence-corrected chi connectivity index (χ4v) is 2.83. The molecule has 0 aliphatic carbocycles. The van der Waals surface area contributed by atoms with Crippen LogP contribution in [0.25, 0.3) is 0 Å². The molecular weight excluding hydrogens is 344 g/mol. The van der Waals surface area contributed by atoms with Gasteiger partial charge in [-0.15, -0.1) is 5.10 Å². The Bertz CT molecular complexity index is 744. The molecular formula is C14H20N8O2S. The molecule has 1 aliphatic heterocycles. The number of anilines is 2. The van der Waals surface area contributed by atoms with Crippen molar-refractivity contribution in [2.24, 2.45) is 0 Å². The second kappa shape index (κ2) is 7.66. The Kier molecular flexibility index (Phi) is 5.34. The van der Waals surface area contributed by atoms with Crippen LogP contribution in [0.4, 0.5) is 11.9 Å². The minimum atomic E-state index is -0.229. The number of aromatic nitrogens is 5. The van der Waals surface area contributed by atoms with E-state index in [1.807, 2.05) is 19.0 Å². The number of carbonyl (C=O) groups excluding carboxylic acids is 1. The van der Waals surface area contributed by atoms with Crippen molar-refractivity contribution in [3.05, 3.63) is 16.4 Å². The SMILES string of the molecule is Cc1nnsc1C(=O)NCc1nc(N(C)C)nc(N2CCOCC2)n1. The fourth-order valence-electron chi connectivity index (χ4n) is 2.26. The third-order valence-corrected chi connectivity index (χ3v) is 4.44. The standard InChI is InChI=1S/C14H20N8O2S/c1-9-11(25-20-19-9)12(23)15-8-10-16-13(21(2)3)18-14(17-10)22-4-6-24-7-5-22/h4-8H2,1-3H3,(H,15,23). The molecule has 1 aliphatic rings. The number of hydrogen-bond donors (Lipinski definition) is 1. The molecule has 1 N–H and O–H groups in total. The Morgan fingerprint density at radius 2 is 2.04 bits per heavy atom. The molecule has 134 valence electrons. The zero-order chi connectivity index (χ0) is 17.8. The number of carbonyl (C=O) groups is 1. The molecule has 3 rings (SSSR count). The molecule has 2 aromatic rings. The average molecular weight is 364 g/mol. The van der Waals surface area contributed by atoms with Crippen molar-refractivity contribution in [2.75, 3.05) is 50.2 Å². The highest BCUT2D eigenvalue weighted by atomic mass is 32.1. The lowest BCUT2D eigenvalue weighted by Gasteiger charge is -2.27. The third kappa shape index (κ3) is 4.17. The molecule has 0 spiro atoms. The first-order valence-corrected chi connectivity index (χ1v) is 8.64. The topological polar surface area (TPSA) is 109 Å². The number of rotatable bonds is 5. The van der Waals surface area contributed by atoms with E-state index in [9.17, 15) is 4.79 Å². The van der Waals surface area contributed by atoms with Gasteiger partial charge in [-0.1, -0.05) is 4.49 Å². The maximum Gasteiger partial charge on any atom is 0.265 e. The molecule has 0 radical (unpaired) electrons. The van der Waals surface area contributed by atoms with Gasteiger partial charge in [0.1, 0.15) is 4.88 Å². The van der Waals surface area contributed by atoms with Crippen molar-refractivity contribution < 1.29 is 9.53 Å². The first-order valence-electron chi connectivity index (χ1n) is 7.86. The number of hydrogen-bond acceptors (Lipinski definition) is 10. The molecule has 1 fully saturated rings. The molecule has 25 heavy (non-hydrogen) atoms. The van der Waals surface area contributed by atoms with Gasteiger partial charge in [0, 0.05) is 27.2 Å². The van der Waals surface area contributed by atoms with E-state index in [1.54, 1.807) is 6.92 Å². The van der Waals surface area contributed by atoms with Crippen LogP contribution in [0, 0.1) is 6.92 Å². The summed E-state index contributed by atoms with van der Waals surface area (Å²) >= 11 is 1.07. The highest BCUT2D eigenvalue weighted by Crippen LogP contribution is 2.14. The first kappa shape index (κ1) is 17.4. The first-order chi connectivity index (χ1) is 12.0. The quantitative estimate of drug-likeness (QED) is 0.775. The molecule has 1 saturated heterocycles. The smallest absolute Gasteiger partial charge is 0.265 e. The van der Waals surface area contributed by atoms with Gasteiger partial charge in [0.25, 0.3) is 5.91 Å². The van der Waals surface area contributed by atoms with Crippen LogP contribution in [-0.2, 0) is 11.3 Å². The number of nitrogens with one attached hydrogen (secondary N) is 1. The van der Waals surface area contributed by atoms with Crippen LogP contribution in [0.2, 0.25) is 0 Å². The van der Waals surface area contributed by atoms with Crippen LogP contribution >= 0.6 is 11.5 Å². The molecule has 1 amide bonds. The maximum atomic E-state index is 12.2. The Labute approximate surface area is 149 Å². The number of ether oxygens (including phenoxy) is 1. The van der Waals surface area contributed by atoms with Gasteiger partial charge in [-0.25, -0.2) is 0 Å². The average Bonchev–Trinajstić information content (AvgIpc) is 3.06. The van der Waals surface area contributed by atoms with Crippen LogP contribution in [0.5, 0.6) is 0 Å². The van der Waals surface area contributed by atoms with E-state index in [-0.39, 0.29) is 12.5 Å². The lowest BCUT2D eigenvalue weighted by molar-refractivity contribution is 0.0953. The zero-order valence-electron chi connectivity index (χ0n) is 14.4. The van der Waals surface area contributed by atoms with Gasteiger partial charge in [-0.05, 0) is 18.5 Å². The van der Waals surface area contributed by atoms with Gasteiger partial charge in [0.05, 0.1) is 25.5 Å². The Morgan fingerprint density at radius 1 is 1.28 bits per heavy atom. The minimum absolute atomic E-state index is 0.205. The molecule has 0 aromatic carbocycles. The summed E-state index contributed by atoms with van der Waals surface area (Å²) in [4.78, 5) is 30.0. The third-order valence-electron chi connectivity index (χ3n) is 3.62. The summed E-state index contributed by atoms with van der Waals surface area (Å²) in [5, 5.41) is 6.66. The largest absolute Gasteiger partial charge is 0.378 e. The van der Waals surface area contributed by atoms with Crippen LogP contribution in [0.3, 0.4) is 0 Å². The lowest BCUT2D eigenvalue weighted by atomic mass is 10.4. The summed E-state index contributed by atoms with van der Waals surface area (Å²) in [6.07, 6.45) is 0. The van der Waals surface area contributed by atoms with E-state index < -0.39 is 0 Å². The highest BCUT2D eigenvalue weighted by molar-refractivity contribution is 7.07. The molecule has 3 heterocycles. The molecule has 0 saturated carbocycles. The van der Waals surface area contributed by atoms with E-state index in [1.165, 1.54) is 0 Å². The molecule has 2 aromatic heterocycles. The summed E-state index contributed by atoms with van der Waals surface area (Å²) in [5.41, 5.74) is 0.612. The van der Waals surface area contributed by atoms with E-state index in [0.717, 1.165) is 24.6 Å². The molecule has 10 nitrogen and oxygen atoms in total. The van der Waals surface area contributed by atoms with E-state index >= 15 is 0 Å². The van der Waals surface area contributed by atoms with Crippen molar-refractivity contribution in [1.82, 2.24) is 29.9 Å². The summed E-state index contributed by atoms with van der Waals surface area (Å²) < 4.78 is 9.14. The Hall–Kier alpha value is -2.40. The second-order valence-corrected chi connectivity index (χ2v) is 6.47. The van der Waals surface area contributed by atoms with E-state index in [4.69, 9.17) is 4.74 Å². The van der Waals surface area contributed by atoms with E-state index in [0.29, 0.717) is 41.5 Å². The number of morpholine rings is 1. The highest BCUT2D eigenvalue weighted by Gasteiger charge is 2.18. The van der Waals surface area contributed by atoms with Gasteiger partial charge in [0.2, 0.25) is 11.9 Å². The molecule has 0 unspecified atom stereocenters. The van der Waals surface area contributed by atoms with Crippen LogP contribution in [-0.4, -0.2) is 70.8 Å². The van der Waals surface area contributed by atoms with Gasteiger partial charge in [0.15, 0.2) is 5.82 Å². The predicted molar refractivity (Wildman–Crippen MR) is 93.0 cm³/mol. The minimum Gasteiger partial charge on any atom is -0.378 e. The van der Waals surface area contributed by atoms with Gasteiger partial charge in [-0.2, -0.15) is 15.0 Å². The monoisotopic (exact) mass is 364 g/mol. The van der Waals surface area contributed by atoms with Crippen molar-refractivity contribution in [3.8, 4) is 0 Å². The normalized spacial score (nSPS) is 14.4. The number of nitrogens with zero attached hydrogens (tertiary/aromatic N) is 7. The molecule has 0 atom stereocenters. The Balaban J connectivity index is 1.76. The molecule has 0 bridgehead atoms. The molecule has 11 heteroatoms. The summed E-state index contributed by atoms with van der Waals surface area (Å²) in [6, 6.07) is 0. The van der Waals surface area contributed by atoms with Gasteiger partial charge in [-0.3, -0.25) is 4.79 Å². The van der Waals surface area contributed by atoms with Crippen LogP contribution in [0.1, 0.15) is 21.2 Å². The number of amides is 1. The summed E-state index contributed by atoms with van der Waals surface area (Å²) in [6.45, 7) is 4.71. The summed E-state index contributed by atoms with van der Waals surface area (Å²) in [7, 11) is 3.74. The van der Waals surface area contributed by atoms with Crippen molar-refractivity contribution in [2.45, 2.75) is 13.5 Å². The Morgan fingerprint density at radius 3 is 2.68 bits per heavy atom. The van der Waals surface area contributed by atoms with E-state index in [2.05, 4.69) is 34.8 Å². The summed E-state index contributed by atoms with van der Waals surface area (Å²) in [5.74, 6) is 1.43. The number of aryl methyl sites for hydroxylation is 1. The zero-order valence-corrected chi connectivity index (χ0v) is 15.2. The maximum absolute atomic E-state index is 12.2. The second-order valence-electron chi connectivity index (χ2n) is 5.72.